The van der Waals surface area contributed by atoms with Crippen molar-refractivity contribution in [2.24, 2.45) is 11.3 Å². The van der Waals surface area contributed by atoms with Crippen LogP contribution < -0.4 is 4.90 Å². The Balaban J connectivity index is 2.32. The van der Waals surface area contributed by atoms with Gasteiger partial charge < -0.3 is 10.0 Å². The largest absolute Gasteiger partial charge is 0.481 e. The standard InChI is InChI=1S/C14H17N3O2/c1-10(2)14(13(18)19)5-7-17(9-14)12-11(8-15)4-3-6-16-12/h3-4,6,10H,5,7,9H2,1-2H3,(H,18,19). The van der Waals surface area contributed by atoms with E-state index in [9.17, 15) is 9.90 Å². The summed E-state index contributed by atoms with van der Waals surface area (Å²) in [6.07, 6.45) is 2.22. The molecule has 0 radical (unpaired) electrons. The molecule has 2 heterocycles. The van der Waals surface area contributed by atoms with Gasteiger partial charge in [-0.2, -0.15) is 5.26 Å². The number of carboxylic acids is 1. The van der Waals surface area contributed by atoms with Gasteiger partial charge in [0, 0.05) is 19.3 Å². The maximum Gasteiger partial charge on any atom is 0.311 e. The lowest BCUT2D eigenvalue weighted by Gasteiger charge is -2.29. The van der Waals surface area contributed by atoms with Crippen molar-refractivity contribution in [1.29, 1.82) is 5.26 Å². The Kier molecular flexibility index (Phi) is 3.43. The van der Waals surface area contributed by atoms with Crippen LogP contribution in [0, 0.1) is 22.7 Å². The minimum Gasteiger partial charge on any atom is -0.481 e. The van der Waals surface area contributed by atoms with E-state index in [1.165, 1.54) is 0 Å². The summed E-state index contributed by atoms with van der Waals surface area (Å²) in [5.41, 5.74) is -0.253. The maximum atomic E-state index is 11.6. The number of hydrogen-bond acceptors (Lipinski definition) is 4. The van der Waals surface area contributed by atoms with E-state index < -0.39 is 11.4 Å². The van der Waals surface area contributed by atoms with Gasteiger partial charge in [0.05, 0.1) is 11.0 Å². The summed E-state index contributed by atoms with van der Waals surface area (Å²) >= 11 is 0. The average molecular weight is 259 g/mol. The van der Waals surface area contributed by atoms with Crippen molar-refractivity contribution < 1.29 is 9.90 Å². The van der Waals surface area contributed by atoms with Crippen molar-refractivity contribution in [2.75, 3.05) is 18.0 Å². The lowest BCUT2D eigenvalue weighted by molar-refractivity contribution is -0.150. The number of hydrogen-bond donors (Lipinski definition) is 1. The first-order chi connectivity index (χ1) is 9.01. The molecule has 2 rings (SSSR count). The van der Waals surface area contributed by atoms with Crippen LogP contribution in [-0.2, 0) is 4.79 Å². The summed E-state index contributed by atoms with van der Waals surface area (Å²) in [6.45, 7) is 4.89. The second-order valence-corrected chi connectivity index (χ2v) is 5.27. The molecule has 0 amide bonds. The molecule has 0 saturated carbocycles. The molecule has 1 N–H and O–H groups in total. The number of aromatic nitrogens is 1. The fraction of sp³-hybridized carbons (Fsp3) is 0.500. The fourth-order valence-electron chi connectivity index (χ4n) is 2.64. The third-order valence-electron chi connectivity index (χ3n) is 4.04. The van der Waals surface area contributed by atoms with Crippen molar-refractivity contribution in [3.05, 3.63) is 23.9 Å². The fourth-order valence-corrected chi connectivity index (χ4v) is 2.64. The van der Waals surface area contributed by atoms with E-state index in [0.29, 0.717) is 30.9 Å². The minimum atomic E-state index is -0.764. The zero-order chi connectivity index (χ0) is 14.0. The Morgan fingerprint density at radius 2 is 2.37 bits per heavy atom. The number of carboxylic acid groups (broad SMARTS) is 1. The normalized spacial score (nSPS) is 22.5. The second-order valence-electron chi connectivity index (χ2n) is 5.27. The molecule has 1 aromatic rings. The predicted molar refractivity (Wildman–Crippen MR) is 70.7 cm³/mol. The molecule has 19 heavy (non-hydrogen) atoms. The van der Waals surface area contributed by atoms with E-state index in [-0.39, 0.29) is 5.92 Å². The van der Waals surface area contributed by atoms with Gasteiger partial charge in [0.25, 0.3) is 0 Å². The van der Waals surface area contributed by atoms with E-state index in [4.69, 9.17) is 5.26 Å². The number of anilines is 1. The topological polar surface area (TPSA) is 77.2 Å². The lowest BCUT2D eigenvalue weighted by atomic mass is 9.76. The minimum absolute atomic E-state index is 0.0456. The van der Waals surface area contributed by atoms with Crippen LogP contribution in [0.4, 0.5) is 5.82 Å². The highest BCUT2D eigenvalue weighted by Crippen LogP contribution is 2.40. The average Bonchev–Trinajstić information content (AvgIpc) is 2.85. The van der Waals surface area contributed by atoms with Crippen LogP contribution in [0.25, 0.3) is 0 Å². The van der Waals surface area contributed by atoms with Gasteiger partial charge in [0.2, 0.25) is 0 Å². The summed E-state index contributed by atoms with van der Waals surface area (Å²) < 4.78 is 0. The molecule has 1 unspecified atom stereocenters. The van der Waals surface area contributed by atoms with Crippen LogP contribution in [0.3, 0.4) is 0 Å². The third-order valence-corrected chi connectivity index (χ3v) is 4.04. The van der Waals surface area contributed by atoms with Gasteiger partial charge in [0.1, 0.15) is 11.9 Å². The Labute approximate surface area is 112 Å². The van der Waals surface area contributed by atoms with E-state index in [2.05, 4.69) is 11.1 Å². The van der Waals surface area contributed by atoms with Gasteiger partial charge in [-0.15, -0.1) is 0 Å². The number of nitrogens with zero attached hydrogens (tertiary/aromatic N) is 3. The Morgan fingerprint density at radius 1 is 1.63 bits per heavy atom. The van der Waals surface area contributed by atoms with Gasteiger partial charge in [-0.1, -0.05) is 13.8 Å². The molecule has 1 saturated heterocycles. The molecular formula is C14H17N3O2. The third kappa shape index (κ3) is 2.14. The quantitative estimate of drug-likeness (QED) is 0.897. The van der Waals surface area contributed by atoms with Gasteiger partial charge in [-0.25, -0.2) is 4.98 Å². The molecule has 1 aliphatic rings. The summed E-state index contributed by atoms with van der Waals surface area (Å²) in [7, 11) is 0. The van der Waals surface area contributed by atoms with Crippen molar-refractivity contribution in [1.82, 2.24) is 4.98 Å². The zero-order valence-corrected chi connectivity index (χ0v) is 11.1. The highest BCUT2D eigenvalue weighted by molar-refractivity contribution is 5.77. The summed E-state index contributed by atoms with van der Waals surface area (Å²) in [6, 6.07) is 5.53. The van der Waals surface area contributed by atoms with Crippen molar-refractivity contribution in [3.8, 4) is 6.07 Å². The molecule has 5 nitrogen and oxygen atoms in total. The van der Waals surface area contributed by atoms with Crippen LogP contribution >= 0.6 is 0 Å². The summed E-state index contributed by atoms with van der Waals surface area (Å²) in [5.74, 6) is -0.127. The van der Waals surface area contributed by atoms with E-state index in [1.807, 2.05) is 18.7 Å². The highest BCUT2D eigenvalue weighted by atomic mass is 16.4. The molecule has 100 valence electrons. The predicted octanol–water partition coefficient (Wildman–Crippen LogP) is 1.89. The van der Waals surface area contributed by atoms with Crippen molar-refractivity contribution in [2.45, 2.75) is 20.3 Å². The zero-order valence-electron chi connectivity index (χ0n) is 11.1. The number of pyridine rings is 1. The van der Waals surface area contributed by atoms with Crippen LogP contribution in [0.5, 0.6) is 0 Å². The molecule has 1 atom stereocenters. The Bertz CT molecular complexity index is 536. The maximum absolute atomic E-state index is 11.6. The summed E-state index contributed by atoms with van der Waals surface area (Å²) in [4.78, 5) is 17.7. The van der Waals surface area contributed by atoms with Gasteiger partial charge >= 0.3 is 5.97 Å². The van der Waals surface area contributed by atoms with Crippen LogP contribution in [0.1, 0.15) is 25.8 Å². The molecule has 0 bridgehead atoms. The van der Waals surface area contributed by atoms with E-state index in [1.54, 1.807) is 18.3 Å². The number of nitriles is 1. The van der Waals surface area contributed by atoms with Crippen LogP contribution in [0.15, 0.2) is 18.3 Å². The van der Waals surface area contributed by atoms with E-state index >= 15 is 0 Å². The van der Waals surface area contributed by atoms with Crippen molar-refractivity contribution in [3.63, 3.8) is 0 Å². The molecule has 5 heteroatoms. The molecule has 1 aliphatic heterocycles. The summed E-state index contributed by atoms with van der Waals surface area (Å²) in [5, 5.41) is 18.6. The lowest BCUT2D eigenvalue weighted by Crippen LogP contribution is -2.39. The first kappa shape index (κ1) is 13.3. The second kappa shape index (κ2) is 4.88. The molecule has 0 spiro atoms. The molecule has 1 fully saturated rings. The molecule has 0 aliphatic carbocycles. The van der Waals surface area contributed by atoms with Crippen LogP contribution in [-0.4, -0.2) is 29.1 Å². The van der Waals surface area contributed by atoms with E-state index in [0.717, 1.165) is 0 Å². The smallest absolute Gasteiger partial charge is 0.311 e. The first-order valence-corrected chi connectivity index (χ1v) is 6.35. The monoisotopic (exact) mass is 259 g/mol. The van der Waals surface area contributed by atoms with Gasteiger partial charge in [0.15, 0.2) is 0 Å². The van der Waals surface area contributed by atoms with Crippen LogP contribution in [0.2, 0.25) is 0 Å². The molecule has 0 aromatic carbocycles. The van der Waals surface area contributed by atoms with Gasteiger partial charge in [-0.3, -0.25) is 4.79 Å². The Hall–Kier alpha value is -2.09. The first-order valence-electron chi connectivity index (χ1n) is 6.35. The number of aliphatic carboxylic acids is 1. The number of carbonyl (C=O) groups is 1. The number of rotatable bonds is 3. The van der Waals surface area contributed by atoms with Crippen molar-refractivity contribution >= 4 is 11.8 Å². The molecule has 1 aromatic heterocycles. The molecular weight excluding hydrogens is 242 g/mol. The Morgan fingerprint density at radius 3 is 2.89 bits per heavy atom. The highest BCUT2D eigenvalue weighted by Gasteiger charge is 2.47. The van der Waals surface area contributed by atoms with Gasteiger partial charge in [-0.05, 0) is 24.5 Å². The SMILES string of the molecule is CC(C)C1(C(=O)O)CCN(c2ncccc2C#N)C1.